The second-order valence-electron chi connectivity index (χ2n) is 3.79. The molecule has 0 radical (unpaired) electrons. The molecule has 0 saturated carbocycles. The Kier molecular flexibility index (Phi) is 3.36. The highest BCUT2D eigenvalue weighted by atomic mass is 16.5. The van der Waals surface area contributed by atoms with E-state index in [0.29, 0.717) is 18.1 Å². The largest absolute Gasteiger partial charge is 0.384 e. The fourth-order valence-electron chi connectivity index (χ4n) is 1.68. The molecule has 0 aromatic carbocycles. The maximum atomic E-state index is 11.7. The Balaban J connectivity index is 1.87. The van der Waals surface area contributed by atoms with E-state index in [9.17, 15) is 4.79 Å². The number of nitrogen functional groups attached to an aromatic ring is 1. The highest BCUT2D eigenvalue weighted by Crippen LogP contribution is 2.10. The SMILES string of the molecule is Nc1cccc(C(=O)NCC2CCCO2)n1. The molecule has 16 heavy (non-hydrogen) atoms. The smallest absolute Gasteiger partial charge is 0.270 e. The van der Waals surface area contributed by atoms with Gasteiger partial charge in [0.2, 0.25) is 0 Å². The maximum absolute atomic E-state index is 11.7. The lowest BCUT2D eigenvalue weighted by atomic mass is 10.2. The Hall–Kier alpha value is -1.62. The molecule has 1 saturated heterocycles. The molecule has 2 heterocycles. The zero-order chi connectivity index (χ0) is 11.4. The van der Waals surface area contributed by atoms with E-state index in [1.54, 1.807) is 18.2 Å². The van der Waals surface area contributed by atoms with Gasteiger partial charge in [-0.1, -0.05) is 6.07 Å². The summed E-state index contributed by atoms with van der Waals surface area (Å²) in [6.07, 6.45) is 2.21. The first-order valence-corrected chi connectivity index (χ1v) is 5.38. The number of ether oxygens (including phenoxy) is 1. The molecule has 1 amide bonds. The molecule has 1 aromatic rings. The average molecular weight is 221 g/mol. The van der Waals surface area contributed by atoms with Crippen molar-refractivity contribution in [2.24, 2.45) is 0 Å². The standard InChI is InChI=1S/C11H15N3O2/c12-10-5-1-4-9(14-10)11(15)13-7-8-3-2-6-16-8/h1,4-5,8H,2-3,6-7H2,(H2,12,14)(H,13,15). The van der Waals surface area contributed by atoms with E-state index < -0.39 is 0 Å². The highest BCUT2D eigenvalue weighted by Gasteiger charge is 2.16. The first kappa shape index (κ1) is 10.9. The topological polar surface area (TPSA) is 77.2 Å². The molecule has 1 aliphatic heterocycles. The number of nitrogens with zero attached hydrogens (tertiary/aromatic N) is 1. The molecule has 0 bridgehead atoms. The fraction of sp³-hybridized carbons (Fsp3) is 0.455. The van der Waals surface area contributed by atoms with E-state index in [1.165, 1.54) is 0 Å². The van der Waals surface area contributed by atoms with Crippen molar-refractivity contribution in [1.29, 1.82) is 0 Å². The number of nitrogens with two attached hydrogens (primary N) is 1. The van der Waals surface area contributed by atoms with Gasteiger partial charge in [0.15, 0.2) is 0 Å². The monoisotopic (exact) mass is 221 g/mol. The molecular weight excluding hydrogens is 206 g/mol. The predicted molar refractivity (Wildman–Crippen MR) is 60.0 cm³/mol. The quantitative estimate of drug-likeness (QED) is 0.782. The zero-order valence-corrected chi connectivity index (χ0v) is 8.98. The summed E-state index contributed by atoms with van der Waals surface area (Å²) in [5, 5.41) is 2.79. The lowest BCUT2D eigenvalue weighted by Crippen LogP contribution is -2.32. The molecule has 0 aliphatic carbocycles. The summed E-state index contributed by atoms with van der Waals surface area (Å²) in [7, 11) is 0. The Bertz CT molecular complexity index is 375. The van der Waals surface area contributed by atoms with Crippen LogP contribution < -0.4 is 11.1 Å². The van der Waals surface area contributed by atoms with Crippen LogP contribution in [0.4, 0.5) is 5.82 Å². The summed E-state index contributed by atoms with van der Waals surface area (Å²) in [5.74, 6) is 0.146. The third-order valence-corrected chi connectivity index (χ3v) is 2.52. The molecule has 1 aliphatic rings. The van der Waals surface area contributed by atoms with E-state index in [0.717, 1.165) is 19.4 Å². The van der Waals surface area contributed by atoms with Gasteiger partial charge in [-0.05, 0) is 25.0 Å². The maximum Gasteiger partial charge on any atom is 0.270 e. The number of amides is 1. The molecule has 1 atom stereocenters. The summed E-state index contributed by atoms with van der Waals surface area (Å²) in [6, 6.07) is 5.00. The van der Waals surface area contributed by atoms with Gasteiger partial charge in [0, 0.05) is 13.2 Å². The number of pyridine rings is 1. The van der Waals surface area contributed by atoms with Crippen molar-refractivity contribution in [3.8, 4) is 0 Å². The molecule has 1 aromatic heterocycles. The van der Waals surface area contributed by atoms with Gasteiger partial charge in [0.05, 0.1) is 6.10 Å². The van der Waals surface area contributed by atoms with Gasteiger partial charge in [0.25, 0.3) is 5.91 Å². The number of nitrogens with one attached hydrogen (secondary N) is 1. The van der Waals surface area contributed by atoms with Gasteiger partial charge in [-0.15, -0.1) is 0 Å². The van der Waals surface area contributed by atoms with Crippen LogP contribution >= 0.6 is 0 Å². The van der Waals surface area contributed by atoms with Crippen LogP contribution in [0, 0.1) is 0 Å². The first-order chi connectivity index (χ1) is 7.75. The van der Waals surface area contributed by atoms with E-state index in [4.69, 9.17) is 10.5 Å². The van der Waals surface area contributed by atoms with Gasteiger partial charge in [-0.3, -0.25) is 4.79 Å². The molecule has 5 nitrogen and oxygen atoms in total. The van der Waals surface area contributed by atoms with Crippen LogP contribution in [0.1, 0.15) is 23.3 Å². The van der Waals surface area contributed by atoms with Gasteiger partial charge in [0.1, 0.15) is 11.5 Å². The normalized spacial score (nSPS) is 19.6. The van der Waals surface area contributed by atoms with Crippen molar-refractivity contribution in [1.82, 2.24) is 10.3 Å². The molecule has 3 N–H and O–H groups in total. The number of rotatable bonds is 3. The number of aromatic nitrogens is 1. The number of hydrogen-bond donors (Lipinski definition) is 2. The summed E-state index contributed by atoms with van der Waals surface area (Å²) in [5.41, 5.74) is 5.84. The molecular formula is C11H15N3O2. The van der Waals surface area contributed by atoms with Gasteiger partial charge < -0.3 is 15.8 Å². The van der Waals surface area contributed by atoms with Crippen LogP contribution in [0.25, 0.3) is 0 Å². The summed E-state index contributed by atoms with van der Waals surface area (Å²) < 4.78 is 5.40. The van der Waals surface area contributed by atoms with E-state index in [-0.39, 0.29) is 12.0 Å². The minimum atomic E-state index is -0.206. The minimum Gasteiger partial charge on any atom is -0.384 e. The van der Waals surface area contributed by atoms with Crippen LogP contribution in [0.15, 0.2) is 18.2 Å². The van der Waals surface area contributed by atoms with Crippen LogP contribution in [0.2, 0.25) is 0 Å². The Morgan fingerprint density at radius 3 is 3.19 bits per heavy atom. The number of carbonyl (C=O) groups is 1. The zero-order valence-electron chi connectivity index (χ0n) is 8.98. The molecule has 0 spiro atoms. The van der Waals surface area contributed by atoms with E-state index in [2.05, 4.69) is 10.3 Å². The number of carbonyl (C=O) groups excluding carboxylic acids is 1. The highest BCUT2D eigenvalue weighted by molar-refractivity contribution is 5.92. The molecule has 1 unspecified atom stereocenters. The van der Waals surface area contributed by atoms with Crippen LogP contribution in [0.5, 0.6) is 0 Å². The Morgan fingerprint density at radius 2 is 2.50 bits per heavy atom. The minimum absolute atomic E-state index is 0.144. The second kappa shape index (κ2) is 4.94. The van der Waals surface area contributed by atoms with Gasteiger partial charge >= 0.3 is 0 Å². The molecule has 1 fully saturated rings. The van der Waals surface area contributed by atoms with Gasteiger partial charge in [-0.2, -0.15) is 0 Å². The molecule has 5 heteroatoms. The third kappa shape index (κ3) is 2.70. The summed E-state index contributed by atoms with van der Waals surface area (Å²) in [6.45, 7) is 1.33. The van der Waals surface area contributed by atoms with Crippen molar-refractivity contribution in [3.05, 3.63) is 23.9 Å². The first-order valence-electron chi connectivity index (χ1n) is 5.38. The molecule has 2 rings (SSSR count). The van der Waals surface area contributed by atoms with Crippen molar-refractivity contribution in [2.45, 2.75) is 18.9 Å². The van der Waals surface area contributed by atoms with Crippen molar-refractivity contribution in [2.75, 3.05) is 18.9 Å². The number of hydrogen-bond acceptors (Lipinski definition) is 4. The lowest BCUT2D eigenvalue weighted by Gasteiger charge is -2.10. The summed E-state index contributed by atoms with van der Waals surface area (Å²) in [4.78, 5) is 15.6. The summed E-state index contributed by atoms with van der Waals surface area (Å²) >= 11 is 0. The van der Waals surface area contributed by atoms with Crippen LogP contribution in [0.3, 0.4) is 0 Å². The predicted octanol–water partition coefficient (Wildman–Crippen LogP) is 0.573. The van der Waals surface area contributed by atoms with Crippen molar-refractivity contribution < 1.29 is 9.53 Å². The average Bonchev–Trinajstić information content (AvgIpc) is 2.78. The third-order valence-electron chi connectivity index (χ3n) is 2.52. The van der Waals surface area contributed by atoms with Gasteiger partial charge in [-0.25, -0.2) is 4.98 Å². The van der Waals surface area contributed by atoms with Crippen molar-refractivity contribution in [3.63, 3.8) is 0 Å². The lowest BCUT2D eigenvalue weighted by molar-refractivity contribution is 0.0854. The van der Waals surface area contributed by atoms with E-state index in [1.807, 2.05) is 0 Å². The van der Waals surface area contributed by atoms with Crippen molar-refractivity contribution >= 4 is 11.7 Å². The fourth-order valence-corrected chi connectivity index (χ4v) is 1.68. The van der Waals surface area contributed by atoms with Crippen LogP contribution in [-0.4, -0.2) is 30.1 Å². The second-order valence-corrected chi connectivity index (χ2v) is 3.79. The number of anilines is 1. The Labute approximate surface area is 94.0 Å². The Morgan fingerprint density at radius 1 is 1.62 bits per heavy atom. The van der Waals surface area contributed by atoms with Crippen LogP contribution in [-0.2, 0) is 4.74 Å². The van der Waals surface area contributed by atoms with E-state index >= 15 is 0 Å². The molecule has 86 valence electrons.